The Balaban J connectivity index is 2.15. The summed E-state index contributed by atoms with van der Waals surface area (Å²) in [7, 11) is 0. The molecule has 0 saturated carbocycles. The monoisotopic (exact) mass is 314 g/mol. The lowest BCUT2D eigenvalue weighted by Gasteiger charge is -2.08. The number of carbonyl (C=O) groups is 1. The Morgan fingerprint density at radius 1 is 1.42 bits per heavy atom. The standard InChI is InChI=1S/C13H12Cl2N2OS/c1-7-2-3-19-11(7)6-17-13(18)9-4-8(16)5-10(14)12(9)15/h2-5H,6,16H2,1H3,(H,17,18). The van der Waals surface area contributed by atoms with E-state index in [-0.39, 0.29) is 16.0 Å². The summed E-state index contributed by atoms with van der Waals surface area (Å²) in [4.78, 5) is 13.2. The first-order valence-electron chi connectivity index (χ1n) is 5.54. The molecule has 0 atom stereocenters. The number of benzene rings is 1. The van der Waals surface area contributed by atoms with Gasteiger partial charge in [0.15, 0.2) is 0 Å². The third kappa shape index (κ3) is 3.21. The first-order valence-corrected chi connectivity index (χ1v) is 7.18. The minimum atomic E-state index is -0.285. The second kappa shape index (κ2) is 5.82. The van der Waals surface area contributed by atoms with E-state index in [4.69, 9.17) is 28.9 Å². The number of hydrogen-bond donors (Lipinski definition) is 2. The van der Waals surface area contributed by atoms with Crippen LogP contribution in [0.1, 0.15) is 20.8 Å². The second-order valence-corrected chi connectivity index (χ2v) is 5.86. The summed E-state index contributed by atoms with van der Waals surface area (Å²) in [6.45, 7) is 2.47. The van der Waals surface area contributed by atoms with Crippen LogP contribution in [-0.4, -0.2) is 5.91 Å². The number of nitrogens with two attached hydrogens (primary N) is 1. The van der Waals surface area contributed by atoms with E-state index < -0.39 is 0 Å². The van der Waals surface area contributed by atoms with Gasteiger partial charge < -0.3 is 11.1 Å². The molecule has 0 saturated heterocycles. The Hall–Kier alpha value is -1.23. The van der Waals surface area contributed by atoms with Gasteiger partial charge in [0.05, 0.1) is 22.2 Å². The lowest BCUT2D eigenvalue weighted by atomic mass is 10.2. The Labute approximate surface area is 125 Å². The van der Waals surface area contributed by atoms with Crippen molar-refractivity contribution in [3.8, 4) is 0 Å². The molecule has 1 aromatic heterocycles. The van der Waals surface area contributed by atoms with Crippen molar-refractivity contribution < 1.29 is 4.79 Å². The minimum absolute atomic E-state index is 0.219. The van der Waals surface area contributed by atoms with Crippen molar-refractivity contribution >= 4 is 46.1 Å². The van der Waals surface area contributed by atoms with Crippen LogP contribution in [0.3, 0.4) is 0 Å². The van der Waals surface area contributed by atoms with Gasteiger partial charge in [-0.05, 0) is 36.1 Å². The highest BCUT2D eigenvalue weighted by atomic mass is 35.5. The number of nitrogens with one attached hydrogen (secondary N) is 1. The van der Waals surface area contributed by atoms with Gasteiger partial charge in [-0.15, -0.1) is 11.3 Å². The van der Waals surface area contributed by atoms with Gasteiger partial charge in [-0.25, -0.2) is 0 Å². The highest BCUT2D eigenvalue weighted by Gasteiger charge is 2.14. The van der Waals surface area contributed by atoms with Crippen LogP contribution >= 0.6 is 34.5 Å². The summed E-state index contributed by atoms with van der Waals surface area (Å²) >= 11 is 13.5. The summed E-state index contributed by atoms with van der Waals surface area (Å²) in [6.07, 6.45) is 0. The molecule has 1 aromatic carbocycles. The molecular weight excluding hydrogens is 303 g/mol. The van der Waals surface area contributed by atoms with Gasteiger partial charge in [0, 0.05) is 10.6 Å². The molecule has 0 bridgehead atoms. The number of anilines is 1. The average molecular weight is 315 g/mol. The maximum absolute atomic E-state index is 12.1. The second-order valence-electron chi connectivity index (χ2n) is 4.07. The van der Waals surface area contributed by atoms with Crippen LogP contribution in [0.2, 0.25) is 10.0 Å². The molecule has 19 heavy (non-hydrogen) atoms. The summed E-state index contributed by atoms with van der Waals surface area (Å²) < 4.78 is 0. The quantitative estimate of drug-likeness (QED) is 0.845. The van der Waals surface area contributed by atoms with Crippen molar-refractivity contribution in [2.45, 2.75) is 13.5 Å². The van der Waals surface area contributed by atoms with Crippen molar-refractivity contribution in [1.82, 2.24) is 5.32 Å². The number of amides is 1. The molecule has 2 rings (SSSR count). The fourth-order valence-corrected chi connectivity index (χ4v) is 2.88. The van der Waals surface area contributed by atoms with Crippen LogP contribution < -0.4 is 11.1 Å². The fourth-order valence-electron chi connectivity index (χ4n) is 1.62. The van der Waals surface area contributed by atoms with Crippen LogP contribution in [0.4, 0.5) is 5.69 Å². The molecule has 100 valence electrons. The zero-order valence-electron chi connectivity index (χ0n) is 10.2. The largest absolute Gasteiger partial charge is 0.399 e. The zero-order valence-corrected chi connectivity index (χ0v) is 12.5. The summed E-state index contributed by atoms with van der Waals surface area (Å²) in [5, 5.41) is 5.29. The molecule has 1 amide bonds. The Kier molecular flexibility index (Phi) is 4.34. The van der Waals surface area contributed by atoms with Gasteiger partial charge in [-0.3, -0.25) is 4.79 Å². The van der Waals surface area contributed by atoms with Crippen LogP contribution in [-0.2, 0) is 6.54 Å². The normalized spacial score (nSPS) is 10.5. The van der Waals surface area contributed by atoms with E-state index in [0.717, 1.165) is 10.4 Å². The maximum Gasteiger partial charge on any atom is 0.253 e. The van der Waals surface area contributed by atoms with Gasteiger partial charge in [0.25, 0.3) is 5.91 Å². The van der Waals surface area contributed by atoms with Crippen LogP contribution in [0.25, 0.3) is 0 Å². The molecule has 0 aliphatic carbocycles. The Bertz CT molecular complexity index is 625. The lowest BCUT2D eigenvalue weighted by molar-refractivity contribution is 0.0951. The van der Waals surface area contributed by atoms with E-state index in [2.05, 4.69) is 5.32 Å². The predicted molar refractivity (Wildman–Crippen MR) is 81.1 cm³/mol. The number of carbonyl (C=O) groups excluding carboxylic acids is 1. The molecule has 3 N–H and O–H groups in total. The Morgan fingerprint density at radius 2 is 2.16 bits per heavy atom. The van der Waals surface area contributed by atoms with Crippen molar-refractivity contribution in [2.75, 3.05) is 5.73 Å². The fraction of sp³-hybridized carbons (Fsp3) is 0.154. The van der Waals surface area contributed by atoms with E-state index in [1.54, 1.807) is 11.3 Å². The topological polar surface area (TPSA) is 55.1 Å². The van der Waals surface area contributed by atoms with Crippen LogP contribution in [0.15, 0.2) is 23.6 Å². The number of thiophene rings is 1. The van der Waals surface area contributed by atoms with E-state index in [0.29, 0.717) is 17.8 Å². The average Bonchev–Trinajstić information content (AvgIpc) is 2.76. The van der Waals surface area contributed by atoms with Crippen molar-refractivity contribution in [3.63, 3.8) is 0 Å². The zero-order chi connectivity index (χ0) is 14.0. The van der Waals surface area contributed by atoms with Crippen molar-refractivity contribution in [3.05, 3.63) is 49.6 Å². The van der Waals surface area contributed by atoms with E-state index in [9.17, 15) is 4.79 Å². The van der Waals surface area contributed by atoms with E-state index in [1.165, 1.54) is 12.1 Å². The maximum atomic E-state index is 12.1. The molecule has 0 aliphatic heterocycles. The molecule has 0 unspecified atom stereocenters. The molecule has 6 heteroatoms. The number of rotatable bonds is 3. The molecule has 2 aromatic rings. The van der Waals surface area contributed by atoms with Crippen LogP contribution in [0, 0.1) is 6.92 Å². The van der Waals surface area contributed by atoms with Crippen molar-refractivity contribution in [2.24, 2.45) is 0 Å². The number of aryl methyl sites for hydroxylation is 1. The van der Waals surface area contributed by atoms with Gasteiger partial charge in [-0.2, -0.15) is 0 Å². The van der Waals surface area contributed by atoms with Gasteiger partial charge >= 0.3 is 0 Å². The molecule has 0 radical (unpaired) electrons. The summed E-state index contributed by atoms with van der Waals surface area (Å²) in [5.41, 5.74) is 7.52. The van der Waals surface area contributed by atoms with Gasteiger partial charge in [0.1, 0.15) is 0 Å². The molecule has 0 fully saturated rings. The molecular formula is C13H12Cl2N2OS. The smallest absolute Gasteiger partial charge is 0.253 e. The highest BCUT2D eigenvalue weighted by molar-refractivity contribution is 7.10. The third-order valence-electron chi connectivity index (χ3n) is 2.67. The molecule has 3 nitrogen and oxygen atoms in total. The molecule has 0 spiro atoms. The first kappa shape index (κ1) is 14.2. The van der Waals surface area contributed by atoms with E-state index in [1.807, 2.05) is 18.4 Å². The SMILES string of the molecule is Cc1ccsc1CNC(=O)c1cc(N)cc(Cl)c1Cl. The molecule has 0 aliphatic rings. The molecule has 1 heterocycles. The number of halogens is 2. The number of nitrogen functional groups attached to an aromatic ring is 1. The van der Waals surface area contributed by atoms with Gasteiger partial charge in [-0.1, -0.05) is 23.2 Å². The summed E-state index contributed by atoms with van der Waals surface area (Å²) in [6, 6.07) is 5.05. The summed E-state index contributed by atoms with van der Waals surface area (Å²) in [5.74, 6) is -0.285. The highest BCUT2D eigenvalue weighted by Crippen LogP contribution is 2.28. The third-order valence-corrected chi connectivity index (χ3v) is 4.50. The van der Waals surface area contributed by atoms with Crippen molar-refractivity contribution in [1.29, 1.82) is 0 Å². The van der Waals surface area contributed by atoms with E-state index >= 15 is 0 Å². The minimum Gasteiger partial charge on any atom is -0.399 e. The first-order chi connectivity index (χ1) is 8.99. The Morgan fingerprint density at radius 3 is 2.79 bits per heavy atom. The van der Waals surface area contributed by atoms with Crippen LogP contribution in [0.5, 0.6) is 0 Å². The predicted octanol–water partition coefficient (Wildman–Crippen LogP) is 3.88. The lowest BCUT2D eigenvalue weighted by Crippen LogP contribution is -2.23. The number of hydrogen-bond acceptors (Lipinski definition) is 3. The van der Waals surface area contributed by atoms with Gasteiger partial charge in [0.2, 0.25) is 0 Å².